The third-order valence-electron chi connectivity index (χ3n) is 2.38. The van der Waals surface area contributed by atoms with E-state index in [1.165, 1.54) is 0 Å². The Morgan fingerprint density at radius 1 is 1.42 bits per heavy atom. The monoisotopic (exact) mass is 335 g/mol. The summed E-state index contributed by atoms with van der Waals surface area (Å²) in [5, 5.41) is 2.74. The van der Waals surface area contributed by atoms with Crippen molar-refractivity contribution in [2.75, 3.05) is 18.5 Å². The molecule has 0 aliphatic carbocycles. The van der Waals surface area contributed by atoms with Gasteiger partial charge in [-0.05, 0) is 18.6 Å². The first-order chi connectivity index (χ1) is 9.00. The number of para-hydroxylation sites is 1. The van der Waals surface area contributed by atoms with E-state index in [0.29, 0.717) is 5.69 Å². The van der Waals surface area contributed by atoms with Gasteiger partial charge < -0.3 is 10.1 Å². The van der Waals surface area contributed by atoms with Crippen molar-refractivity contribution in [3.63, 3.8) is 0 Å². The molecule has 0 saturated carbocycles. The Hall–Kier alpha value is -1.01. The molecule has 3 nitrogen and oxygen atoms in total. The van der Waals surface area contributed by atoms with E-state index in [4.69, 9.17) is 0 Å². The van der Waals surface area contributed by atoms with Gasteiger partial charge in [-0.2, -0.15) is 0 Å². The fraction of sp³-hybridized carbons (Fsp3) is 0.462. The van der Waals surface area contributed by atoms with Crippen LogP contribution in [0.5, 0.6) is 0 Å². The molecule has 0 fully saturated rings. The summed E-state index contributed by atoms with van der Waals surface area (Å²) in [7, 11) is 0. The van der Waals surface area contributed by atoms with Crippen molar-refractivity contribution in [3.05, 3.63) is 29.8 Å². The minimum absolute atomic E-state index is 0.0117. The molecule has 1 N–H and O–H groups in total. The lowest BCUT2D eigenvalue weighted by molar-refractivity contribution is -0.117. The highest BCUT2D eigenvalue weighted by Gasteiger charge is 2.10. The first kappa shape index (κ1) is 16.0. The van der Waals surface area contributed by atoms with Gasteiger partial charge in [-0.3, -0.25) is 4.79 Å². The van der Waals surface area contributed by atoms with Crippen molar-refractivity contribution in [1.29, 1.82) is 0 Å². The molecular weight excluding hydrogens is 320 g/mol. The van der Waals surface area contributed by atoms with Crippen LogP contribution in [-0.4, -0.2) is 25.5 Å². The van der Waals surface area contributed by atoms with E-state index < -0.39 is 13.0 Å². The maximum atomic E-state index is 11.8. The average Bonchev–Trinajstić information content (AvgIpc) is 2.35. The molecule has 0 aromatic heterocycles. The van der Waals surface area contributed by atoms with Crippen LogP contribution in [0, 0.1) is 0 Å². The number of anilines is 1. The second-order valence-electron chi connectivity index (χ2n) is 3.97. The molecule has 1 amide bonds. The second kappa shape index (κ2) is 8.22. The maximum Gasteiger partial charge on any atom is 0.261 e. The first-order valence-corrected chi connectivity index (χ1v) is 6.81. The van der Waals surface area contributed by atoms with E-state index in [0.717, 1.165) is 5.56 Å². The predicted octanol–water partition coefficient (Wildman–Crippen LogP) is 3.75. The molecule has 1 rings (SSSR count). The summed E-state index contributed by atoms with van der Waals surface area (Å²) in [4.78, 5) is 11.7. The molecule has 6 heteroatoms. The number of hydrogen-bond donors (Lipinski definition) is 1. The summed E-state index contributed by atoms with van der Waals surface area (Å²) in [5.41, 5.74) is 1.68. The van der Waals surface area contributed by atoms with Crippen LogP contribution in [0.3, 0.4) is 0 Å². The lowest BCUT2D eigenvalue weighted by atomic mass is 10.1. The fourth-order valence-corrected chi connectivity index (χ4v) is 1.91. The largest absolute Gasteiger partial charge is 0.375 e. The van der Waals surface area contributed by atoms with E-state index in [1.54, 1.807) is 6.07 Å². The molecule has 0 bridgehead atoms. The highest BCUT2D eigenvalue weighted by atomic mass is 79.9. The van der Waals surface area contributed by atoms with Crippen molar-refractivity contribution < 1.29 is 18.3 Å². The number of ether oxygens (including phenoxy) is 1. The predicted molar refractivity (Wildman–Crippen MR) is 73.9 cm³/mol. The van der Waals surface area contributed by atoms with E-state index in [-0.39, 0.29) is 23.8 Å². The normalized spacial score (nSPS) is 12.5. The smallest absolute Gasteiger partial charge is 0.261 e. The van der Waals surface area contributed by atoms with Gasteiger partial charge in [0.2, 0.25) is 5.91 Å². The van der Waals surface area contributed by atoms with Crippen molar-refractivity contribution in [2.45, 2.75) is 24.6 Å². The number of rotatable bonds is 7. The molecular formula is C13H16BrF2NO2. The highest BCUT2D eigenvalue weighted by Crippen LogP contribution is 2.28. The van der Waals surface area contributed by atoms with E-state index in [2.05, 4.69) is 26.0 Å². The van der Waals surface area contributed by atoms with Gasteiger partial charge in [0.15, 0.2) is 0 Å². The van der Waals surface area contributed by atoms with Gasteiger partial charge in [-0.1, -0.05) is 34.1 Å². The van der Waals surface area contributed by atoms with Crippen LogP contribution in [0.2, 0.25) is 0 Å². The number of hydrogen-bond acceptors (Lipinski definition) is 2. The van der Waals surface area contributed by atoms with Crippen LogP contribution in [0.25, 0.3) is 0 Å². The maximum absolute atomic E-state index is 11.8. The van der Waals surface area contributed by atoms with Crippen molar-refractivity contribution in [2.24, 2.45) is 0 Å². The third-order valence-corrected chi connectivity index (χ3v) is 2.87. The third kappa shape index (κ3) is 6.11. The highest BCUT2D eigenvalue weighted by molar-refractivity contribution is 9.09. The Balaban J connectivity index is 2.44. The molecule has 1 unspecified atom stereocenters. The first-order valence-electron chi connectivity index (χ1n) is 5.89. The van der Waals surface area contributed by atoms with Crippen molar-refractivity contribution in [1.82, 2.24) is 0 Å². The SMILES string of the molecule is CC(Br)c1ccccc1NC(=O)CCOCC(F)F. The Labute approximate surface area is 119 Å². The van der Waals surface area contributed by atoms with Crippen LogP contribution < -0.4 is 5.32 Å². The zero-order chi connectivity index (χ0) is 14.3. The van der Waals surface area contributed by atoms with E-state index >= 15 is 0 Å². The van der Waals surface area contributed by atoms with Gasteiger partial charge in [0.05, 0.1) is 13.0 Å². The van der Waals surface area contributed by atoms with Gasteiger partial charge in [0, 0.05) is 10.5 Å². The van der Waals surface area contributed by atoms with E-state index in [1.807, 2.05) is 25.1 Å². The number of carbonyl (C=O) groups excluding carboxylic acids is 1. The Kier molecular flexibility index (Phi) is 6.94. The Bertz CT molecular complexity index is 413. The lowest BCUT2D eigenvalue weighted by Gasteiger charge is -2.12. The lowest BCUT2D eigenvalue weighted by Crippen LogP contribution is -2.16. The van der Waals surface area contributed by atoms with Crippen LogP contribution >= 0.6 is 15.9 Å². The fourth-order valence-electron chi connectivity index (χ4n) is 1.51. The number of amides is 1. The number of halogens is 3. The standard InChI is InChI=1S/C13H16BrF2NO2/c1-9(14)10-4-2-3-5-11(10)17-13(18)6-7-19-8-12(15)16/h2-5,9,12H,6-8H2,1H3,(H,17,18). The zero-order valence-corrected chi connectivity index (χ0v) is 12.1. The van der Waals surface area contributed by atoms with Crippen LogP contribution in [-0.2, 0) is 9.53 Å². The number of nitrogens with one attached hydrogen (secondary N) is 1. The number of carbonyl (C=O) groups is 1. The molecule has 1 atom stereocenters. The molecule has 0 aliphatic heterocycles. The molecule has 0 aliphatic rings. The van der Waals surface area contributed by atoms with Crippen molar-refractivity contribution >= 4 is 27.5 Å². The molecule has 106 valence electrons. The zero-order valence-electron chi connectivity index (χ0n) is 10.5. The van der Waals surface area contributed by atoms with Gasteiger partial charge in [-0.25, -0.2) is 8.78 Å². The van der Waals surface area contributed by atoms with Crippen LogP contribution in [0.4, 0.5) is 14.5 Å². The summed E-state index contributed by atoms with van der Waals surface area (Å²) in [6.45, 7) is 1.31. The van der Waals surface area contributed by atoms with Gasteiger partial charge in [0.1, 0.15) is 6.61 Å². The molecule has 0 heterocycles. The minimum Gasteiger partial charge on any atom is -0.375 e. The number of alkyl halides is 3. The number of benzene rings is 1. The van der Waals surface area contributed by atoms with Crippen LogP contribution in [0.1, 0.15) is 23.7 Å². The van der Waals surface area contributed by atoms with Crippen LogP contribution in [0.15, 0.2) is 24.3 Å². The summed E-state index contributed by atoms with van der Waals surface area (Å²) in [6.07, 6.45) is -2.45. The molecule has 0 saturated heterocycles. The van der Waals surface area contributed by atoms with Gasteiger partial charge in [-0.15, -0.1) is 0 Å². The second-order valence-corrected chi connectivity index (χ2v) is 5.34. The molecule has 1 aromatic rings. The molecule has 1 aromatic carbocycles. The Morgan fingerprint density at radius 2 is 2.11 bits per heavy atom. The van der Waals surface area contributed by atoms with Gasteiger partial charge >= 0.3 is 0 Å². The molecule has 19 heavy (non-hydrogen) atoms. The summed E-state index contributed by atoms with van der Waals surface area (Å²) >= 11 is 3.44. The van der Waals surface area contributed by atoms with Crippen molar-refractivity contribution in [3.8, 4) is 0 Å². The minimum atomic E-state index is -2.50. The van der Waals surface area contributed by atoms with Gasteiger partial charge in [0.25, 0.3) is 6.43 Å². The quantitative estimate of drug-likeness (QED) is 0.608. The summed E-state index contributed by atoms with van der Waals surface area (Å²) in [5.74, 6) is -0.255. The summed E-state index contributed by atoms with van der Waals surface area (Å²) < 4.78 is 28.3. The molecule has 0 spiro atoms. The average molecular weight is 336 g/mol. The van der Waals surface area contributed by atoms with E-state index in [9.17, 15) is 13.6 Å². The Morgan fingerprint density at radius 3 is 2.74 bits per heavy atom. The topological polar surface area (TPSA) is 38.3 Å². The summed E-state index contributed by atoms with van der Waals surface area (Å²) in [6, 6.07) is 7.41. The molecule has 0 radical (unpaired) electrons.